The Labute approximate surface area is 96.7 Å². The summed E-state index contributed by atoms with van der Waals surface area (Å²) >= 11 is 0. The highest BCUT2D eigenvalue weighted by atomic mass is 15.5. The summed E-state index contributed by atoms with van der Waals surface area (Å²) in [4.78, 5) is 0. The lowest BCUT2D eigenvalue weighted by Crippen LogP contribution is -2.55. The minimum atomic E-state index is 0.958. The van der Waals surface area contributed by atoms with Crippen molar-refractivity contribution in [3.8, 4) is 0 Å². The fourth-order valence-electron chi connectivity index (χ4n) is 1.81. The van der Waals surface area contributed by atoms with Crippen LogP contribution in [0.2, 0.25) is 0 Å². The molecule has 0 aliphatic heterocycles. The fourth-order valence-corrected chi connectivity index (χ4v) is 1.81. The minimum Gasteiger partial charge on any atom is -0.187 e. The van der Waals surface area contributed by atoms with Crippen LogP contribution in [0.15, 0.2) is 54.7 Å². The van der Waals surface area contributed by atoms with Gasteiger partial charge in [-0.05, 0) is 11.6 Å². The van der Waals surface area contributed by atoms with Crippen LogP contribution in [0.25, 0.3) is 0 Å². The molecule has 0 bridgehead atoms. The summed E-state index contributed by atoms with van der Waals surface area (Å²) in [5, 5.41) is 2.08. The molecule has 0 aliphatic carbocycles. The first-order valence-electron chi connectivity index (χ1n) is 5.48. The number of nitrogens with zero attached hydrogens (tertiary/aromatic N) is 2. The Bertz CT molecular complexity index is 449. The number of rotatable bonds is 3. The van der Waals surface area contributed by atoms with Gasteiger partial charge < -0.3 is 0 Å². The third kappa shape index (κ3) is 2.40. The van der Waals surface area contributed by atoms with Crippen LogP contribution < -0.4 is 9.69 Å². The molecule has 0 N–H and O–H groups in total. The first-order valence-corrected chi connectivity index (χ1v) is 5.48. The number of benzene rings is 1. The third-order valence-corrected chi connectivity index (χ3v) is 2.58. The standard InChI is InChI=1S/C14H17N2/c1-15(2)16-11-7-6-10-14(16)12-13-8-4-3-5-9-13/h3-11H,12H2,1-2H3/q+1. The van der Waals surface area contributed by atoms with Crippen molar-refractivity contribution in [3.05, 3.63) is 66.0 Å². The van der Waals surface area contributed by atoms with Gasteiger partial charge in [-0.2, -0.15) is 5.01 Å². The average Bonchev–Trinajstić information content (AvgIpc) is 2.31. The van der Waals surface area contributed by atoms with E-state index in [0.29, 0.717) is 0 Å². The molecule has 2 aromatic rings. The zero-order valence-electron chi connectivity index (χ0n) is 9.80. The summed E-state index contributed by atoms with van der Waals surface area (Å²) in [6.45, 7) is 0. The molecule has 0 atom stereocenters. The van der Waals surface area contributed by atoms with Gasteiger partial charge >= 0.3 is 0 Å². The summed E-state index contributed by atoms with van der Waals surface area (Å²) in [6.07, 6.45) is 3.04. The smallest absolute Gasteiger partial charge is 0.187 e. The molecule has 82 valence electrons. The molecule has 2 nitrogen and oxygen atoms in total. The first-order chi connectivity index (χ1) is 7.77. The Hall–Kier alpha value is -1.83. The van der Waals surface area contributed by atoms with Crippen LogP contribution in [0.4, 0.5) is 0 Å². The molecular formula is C14H17N2+. The molecule has 0 fully saturated rings. The summed E-state index contributed by atoms with van der Waals surface area (Å²) in [5.41, 5.74) is 2.63. The van der Waals surface area contributed by atoms with Crippen molar-refractivity contribution in [1.82, 2.24) is 0 Å². The lowest BCUT2D eigenvalue weighted by Gasteiger charge is -2.09. The molecule has 2 rings (SSSR count). The molecule has 0 radical (unpaired) electrons. The van der Waals surface area contributed by atoms with E-state index in [4.69, 9.17) is 0 Å². The maximum Gasteiger partial charge on any atom is 0.216 e. The Morgan fingerprint density at radius 3 is 2.31 bits per heavy atom. The highest BCUT2D eigenvalue weighted by Gasteiger charge is 2.11. The third-order valence-electron chi connectivity index (χ3n) is 2.58. The first kappa shape index (κ1) is 10.7. The topological polar surface area (TPSA) is 7.12 Å². The molecule has 16 heavy (non-hydrogen) atoms. The van der Waals surface area contributed by atoms with Crippen LogP contribution in [0.3, 0.4) is 0 Å². The van der Waals surface area contributed by atoms with Crippen molar-refractivity contribution in [3.63, 3.8) is 0 Å². The Kier molecular flexibility index (Phi) is 3.20. The number of hydrogen-bond acceptors (Lipinski definition) is 1. The van der Waals surface area contributed by atoms with Gasteiger partial charge in [0.2, 0.25) is 5.69 Å². The van der Waals surface area contributed by atoms with E-state index in [2.05, 4.69) is 78.5 Å². The van der Waals surface area contributed by atoms with Crippen LogP contribution in [0, 0.1) is 0 Å². The molecule has 0 saturated heterocycles. The summed E-state index contributed by atoms with van der Waals surface area (Å²) in [7, 11) is 4.10. The molecule has 1 heterocycles. The number of aromatic nitrogens is 1. The number of pyridine rings is 1. The van der Waals surface area contributed by atoms with Crippen molar-refractivity contribution in [1.29, 1.82) is 0 Å². The largest absolute Gasteiger partial charge is 0.216 e. The molecule has 0 unspecified atom stereocenters. The van der Waals surface area contributed by atoms with Crippen molar-refractivity contribution < 1.29 is 4.68 Å². The van der Waals surface area contributed by atoms with Crippen molar-refractivity contribution >= 4 is 0 Å². The highest BCUT2D eigenvalue weighted by Crippen LogP contribution is 2.04. The molecule has 0 aliphatic rings. The van der Waals surface area contributed by atoms with Gasteiger partial charge in [0.1, 0.15) is 0 Å². The predicted octanol–water partition coefficient (Wildman–Crippen LogP) is 1.76. The van der Waals surface area contributed by atoms with E-state index >= 15 is 0 Å². The maximum absolute atomic E-state index is 2.16. The number of hydrogen-bond donors (Lipinski definition) is 0. The van der Waals surface area contributed by atoms with Gasteiger partial charge in [0.05, 0.1) is 20.5 Å². The van der Waals surface area contributed by atoms with Gasteiger partial charge in [-0.3, -0.25) is 0 Å². The van der Waals surface area contributed by atoms with Crippen molar-refractivity contribution in [2.45, 2.75) is 6.42 Å². The van der Waals surface area contributed by atoms with Gasteiger partial charge in [0.25, 0.3) is 0 Å². The average molecular weight is 213 g/mol. The van der Waals surface area contributed by atoms with Crippen LogP contribution >= 0.6 is 0 Å². The zero-order valence-corrected chi connectivity index (χ0v) is 9.80. The quantitative estimate of drug-likeness (QED) is 0.705. The van der Waals surface area contributed by atoms with E-state index in [1.807, 2.05) is 0 Å². The summed E-state index contributed by atoms with van der Waals surface area (Å²) < 4.78 is 2.16. The van der Waals surface area contributed by atoms with Gasteiger partial charge in [0, 0.05) is 12.1 Å². The van der Waals surface area contributed by atoms with Gasteiger partial charge in [-0.25, -0.2) is 0 Å². The molecule has 2 heteroatoms. The maximum atomic E-state index is 2.16. The lowest BCUT2D eigenvalue weighted by molar-refractivity contribution is -0.694. The fraction of sp³-hybridized carbons (Fsp3) is 0.214. The lowest BCUT2D eigenvalue weighted by atomic mass is 10.1. The molecule has 0 spiro atoms. The van der Waals surface area contributed by atoms with E-state index in [1.165, 1.54) is 11.3 Å². The van der Waals surface area contributed by atoms with Crippen LogP contribution in [0.1, 0.15) is 11.3 Å². The molecule has 1 aromatic carbocycles. The van der Waals surface area contributed by atoms with Crippen LogP contribution in [0.5, 0.6) is 0 Å². The highest BCUT2D eigenvalue weighted by molar-refractivity contribution is 5.19. The van der Waals surface area contributed by atoms with Gasteiger partial charge in [-0.1, -0.05) is 35.0 Å². The van der Waals surface area contributed by atoms with Gasteiger partial charge in [-0.15, -0.1) is 0 Å². The predicted molar refractivity (Wildman–Crippen MR) is 66.0 cm³/mol. The second-order valence-corrected chi connectivity index (χ2v) is 4.05. The molecule has 1 aromatic heterocycles. The summed E-state index contributed by atoms with van der Waals surface area (Å²) in [5.74, 6) is 0. The monoisotopic (exact) mass is 213 g/mol. The molecular weight excluding hydrogens is 196 g/mol. The van der Waals surface area contributed by atoms with Gasteiger partial charge in [0.15, 0.2) is 6.20 Å². The van der Waals surface area contributed by atoms with E-state index < -0.39 is 0 Å². The minimum absolute atomic E-state index is 0.958. The second-order valence-electron chi connectivity index (χ2n) is 4.05. The van der Waals surface area contributed by atoms with E-state index in [9.17, 15) is 0 Å². The summed E-state index contributed by atoms with van der Waals surface area (Å²) in [6, 6.07) is 16.8. The zero-order chi connectivity index (χ0) is 11.4. The Morgan fingerprint density at radius 1 is 0.938 bits per heavy atom. The Morgan fingerprint density at radius 2 is 1.62 bits per heavy atom. The van der Waals surface area contributed by atoms with Crippen LogP contribution in [-0.4, -0.2) is 14.1 Å². The van der Waals surface area contributed by atoms with Crippen LogP contribution in [-0.2, 0) is 6.42 Å². The Balaban J connectivity index is 2.28. The van der Waals surface area contributed by atoms with E-state index in [-0.39, 0.29) is 0 Å². The molecule has 0 amide bonds. The van der Waals surface area contributed by atoms with E-state index in [0.717, 1.165) is 6.42 Å². The normalized spacial score (nSPS) is 10.1. The van der Waals surface area contributed by atoms with Crippen molar-refractivity contribution in [2.24, 2.45) is 0 Å². The van der Waals surface area contributed by atoms with E-state index in [1.54, 1.807) is 0 Å². The van der Waals surface area contributed by atoms with Crippen molar-refractivity contribution in [2.75, 3.05) is 19.1 Å². The second kappa shape index (κ2) is 4.79. The molecule has 0 saturated carbocycles. The SMILES string of the molecule is CN(C)[n+]1ccccc1Cc1ccccc1.